The van der Waals surface area contributed by atoms with Crippen LogP contribution in [0.15, 0.2) is 48.7 Å². The Balaban J connectivity index is 0.000000177. The van der Waals surface area contributed by atoms with Crippen molar-refractivity contribution in [2.75, 3.05) is 20.3 Å². The zero-order valence-electron chi connectivity index (χ0n) is 18.4. The predicted molar refractivity (Wildman–Crippen MR) is 122 cm³/mol. The first-order valence-corrected chi connectivity index (χ1v) is 10.6. The van der Waals surface area contributed by atoms with E-state index in [1.54, 1.807) is 7.11 Å². The number of ether oxygens (including phenoxy) is 3. The van der Waals surface area contributed by atoms with Gasteiger partial charge in [-0.1, -0.05) is 25.5 Å². The lowest BCUT2D eigenvalue weighted by Gasteiger charge is -2.19. The van der Waals surface area contributed by atoms with Crippen molar-refractivity contribution >= 4 is 10.8 Å². The zero-order chi connectivity index (χ0) is 21.3. The van der Waals surface area contributed by atoms with Crippen LogP contribution < -0.4 is 19.5 Å². The third kappa shape index (κ3) is 5.86. The van der Waals surface area contributed by atoms with Crippen molar-refractivity contribution in [1.29, 1.82) is 0 Å². The van der Waals surface area contributed by atoms with Gasteiger partial charge >= 0.3 is 0 Å². The molecule has 0 spiro atoms. The van der Waals surface area contributed by atoms with Gasteiger partial charge in [0.2, 0.25) is 0 Å². The maximum atomic E-state index is 5.57. The molecule has 30 heavy (non-hydrogen) atoms. The average Bonchev–Trinajstić information content (AvgIpc) is 2.78. The summed E-state index contributed by atoms with van der Waals surface area (Å²) in [6.07, 6.45) is 4.25. The van der Waals surface area contributed by atoms with Crippen molar-refractivity contribution in [1.82, 2.24) is 10.3 Å². The van der Waals surface area contributed by atoms with Gasteiger partial charge in [-0.3, -0.25) is 4.98 Å². The molecule has 0 saturated carbocycles. The topological polar surface area (TPSA) is 52.6 Å². The van der Waals surface area contributed by atoms with E-state index in [4.69, 9.17) is 14.2 Å². The Hall–Kier alpha value is -2.79. The largest absolute Gasteiger partial charge is 0.497 e. The van der Waals surface area contributed by atoms with E-state index in [0.29, 0.717) is 19.3 Å². The zero-order valence-corrected chi connectivity index (χ0v) is 18.4. The maximum Gasteiger partial charge on any atom is 0.161 e. The second kappa shape index (κ2) is 10.8. The van der Waals surface area contributed by atoms with Gasteiger partial charge in [-0.2, -0.15) is 0 Å². The average molecular weight is 409 g/mol. The quantitative estimate of drug-likeness (QED) is 0.601. The van der Waals surface area contributed by atoms with E-state index in [9.17, 15) is 0 Å². The third-order valence-electron chi connectivity index (χ3n) is 5.16. The van der Waals surface area contributed by atoms with Crippen LogP contribution in [-0.4, -0.2) is 31.3 Å². The Kier molecular flexibility index (Phi) is 7.91. The molecule has 0 fully saturated rings. The van der Waals surface area contributed by atoms with Crippen LogP contribution in [0.4, 0.5) is 0 Å². The summed E-state index contributed by atoms with van der Waals surface area (Å²) in [5, 5.41) is 5.87. The molecule has 0 bridgehead atoms. The number of pyridine rings is 1. The van der Waals surface area contributed by atoms with Crippen LogP contribution in [0.5, 0.6) is 17.2 Å². The number of nitrogens with zero attached hydrogens (tertiary/aromatic N) is 1. The van der Waals surface area contributed by atoms with Gasteiger partial charge in [0.1, 0.15) is 19.0 Å². The van der Waals surface area contributed by atoms with E-state index in [2.05, 4.69) is 36.3 Å². The van der Waals surface area contributed by atoms with Crippen molar-refractivity contribution in [3.63, 3.8) is 0 Å². The van der Waals surface area contributed by atoms with Crippen LogP contribution in [0.3, 0.4) is 0 Å². The van der Waals surface area contributed by atoms with Gasteiger partial charge in [-0.05, 0) is 61.5 Å². The third-order valence-corrected chi connectivity index (χ3v) is 5.16. The fraction of sp³-hybridized carbons (Fsp3) is 0.400. The van der Waals surface area contributed by atoms with Crippen molar-refractivity contribution in [3.8, 4) is 17.2 Å². The van der Waals surface area contributed by atoms with Crippen LogP contribution in [0.2, 0.25) is 0 Å². The molecule has 160 valence electrons. The normalized spacial score (nSPS) is 13.3. The molecule has 0 aliphatic carbocycles. The van der Waals surface area contributed by atoms with E-state index in [-0.39, 0.29) is 0 Å². The highest BCUT2D eigenvalue weighted by molar-refractivity contribution is 5.85. The SMILES string of the molecule is CCCC(C)NCc1ccc2c(c1)OCCO2.COc1ccc2ccnc(C)c2c1. The summed E-state index contributed by atoms with van der Waals surface area (Å²) in [7, 11) is 1.67. The van der Waals surface area contributed by atoms with E-state index in [0.717, 1.165) is 34.9 Å². The molecular weight excluding hydrogens is 376 g/mol. The lowest BCUT2D eigenvalue weighted by molar-refractivity contribution is 0.171. The number of hydrogen-bond acceptors (Lipinski definition) is 5. The first-order chi connectivity index (χ1) is 14.6. The van der Waals surface area contributed by atoms with Crippen LogP contribution in [0.1, 0.15) is 37.9 Å². The standard InChI is InChI=1S/C14H21NO2.C11H11NO/c1-3-4-11(2)15-10-12-5-6-13-14(9-12)17-8-7-16-13;1-8-11-7-10(13-2)4-3-9(11)5-6-12-8/h5-6,9,11,15H,3-4,7-8,10H2,1-2H3;3-7H,1-2H3. The Morgan fingerprint density at radius 1 is 1.07 bits per heavy atom. The monoisotopic (exact) mass is 408 g/mol. The smallest absolute Gasteiger partial charge is 0.161 e. The van der Waals surface area contributed by atoms with Crippen molar-refractivity contribution in [2.24, 2.45) is 0 Å². The van der Waals surface area contributed by atoms with E-state index < -0.39 is 0 Å². The fourth-order valence-corrected chi connectivity index (χ4v) is 3.44. The van der Waals surface area contributed by atoms with E-state index in [1.165, 1.54) is 23.8 Å². The van der Waals surface area contributed by atoms with Gasteiger partial charge in [0.25, 0.3) is 0 Å². The lowest BCUT2D eigenvalue weighted by Crippen LogP contribution is -2.25. The highest BCUT2D eigenvalue weighted by Gasteiger charge is 2.11. The minimum atomic E-state index is 0.563. The molecule has 0 radical (unpaired) electrons. The molecule has 1 aliphatic rings. The number of benzene rings is 2. The molecule has 4 rings (SSSR count). The molecule has 0 saturated heterocycles. The predicted octanol–water partition coefficient (Wildman–Crippen LogP) is 5.29. The van der Waals surface area contributed by atoms with Gasteiger partial charge in [0.15, 0.2) is 11.5 Å². The molecule has 1 aromatic heterocycles. The lowest BCUT2D eigenvalue weighted by atomic mass is 10.1. The highest BCUT2D eigenvalue weighted by atomic mass is 16.6. The Morgan fingerprint density at radius 2 is 1.87 bits per heavy atom. The molecule has 2 aromatic carbocycles. The summed E-state index contributed by atoms with van der Waals surface area (Å²) in [6, 6.07) is 14.7. The minimum Gasteiger partial charge on any atom is -0.497 e. The van der Waals surface area contributed by atoms with Gasteiger partial charge in [0.05, 0.1) is 7.11 Å². The number of nitrogens with one attached hydrogen (secondary N) is 1. The number of aromatic nitrogens is 1. The Bertz CT molecular complexity index is 958. The molecule has 2 heterocycles. The first-order valence-electron chi connectivity index (χ1n) is 10.6. The van der Waals surface area contributed by atoms with Gasteiger partial charge in [0, 0.05) is 29.9 Å². The molecular formula is C25H32N2O3. The summed E-state index contributed by atoms with van der Waals surface area (Å²) in [5.74, 6) is 2.61. The molecule has 1 N–H and O–H groups in total. The second-order valence-electron chi connectivity index (χ2n) is 7.53. The Morgan fingerprint density at radius 3 is 2.63 bits per heavy atom. The summed E-state index contributed by atoms with van der Waals surface area (Å²) in [6.45, 7) is 8.62. The van der Waals surface area contributed by atoms with Crippen LogP contribution in [0.25, 0.3) is 10.8 Å². The molecule has 1 atom stereocenters. The molecule has 0 amide bonds. The molecule has 5 nitrogen and oxygen atoms in total. The summed E-state index contributed by atoms with van der Waals surface area (Å²) < 4.78 is 16.2. The molecule has 3 aromatic rings. The van der Waals surface area contributed by atoms with Crippen LogP contribution in [-0.2, 0) is 6.54 Å². The van der Waals surface area contributed by atoms with Crippen LogP contribution >= 0.6 is 0 Å². The maximum absolute atomic E-state index is 5.57. The summed E-state index contributed by atoms with van der Waals surface area (Å²) in [4.78, 5) is 4.23. The van der Waals surface area contributed by atoms with E-state index in [1.807, 2.05) is 43.5 Å². The van der Waals surface area contributed by atoms with Gasteiger partial charge < -0.3 is 19.5 Å². The van der Waals surface area contributed by atoms with Crippen molar-refractivity contribution < 1.29 is 14.2 Å². The molecule has 5 heteroatoms. The number of aryl methyl sites for hydroxylation is 1. The number of hydrogen-bond donors (Lipinski definition) is 1. The fourth-order valence-electron chi connectivity index (χ4n) is 3.44. The van der Waals surface area contributed by atoms with E-state index >= 15 is 0 Å². The van der Waals surface area contributed by atoms with Gasteiger partial charge in [-0.25, -0.2) is 0 Å². The number of fused-ring (bicyclic) bond motifs is 2. The molecule has 1 aliphatic heterocycles. The van der Waals surface area contributed by atoms with Gasteiger partial charge in [-0.15, -0.1) is 0 Å². The van der Waals surface area contributed by atoms with Crippen molar-refractivity contribution in [2.45, 2.75) is 46.2 Å². The minimum absolute atomic E-state index is 0.563. The van der Waals surface area contributed by atoms with Crippen molar-refractivity contribution in [3.05, 3.63) is 59.9 Å². The second-order valence-corrected chi connectivity index (χ2v) is 7.53. The Labute approximate surface area is 179 Å². The number of rotatable bonds is 6. The first kappa shape index (κ1) is 21.9. The highest BCUT2D eigenvalue weighted by Crippen LogP contribution is 2.30. The molecule has 1 unspecified atom stereocenters. The van der Waals surface area contributed by atoms with Crippen LogP contribution in [0, 0.1) is 6.92 Å². The summed E-state index contributed by atoms with van der Waals surface area (Å²) >= 11 is 0. The number of methoxy groups -OCH3 is 1. The summed E-state index contributed by atoms with van der Waals surface area (Å²) in [5.41, 5.74) is 2.29.